The molecule has 0 radical (unpaired) electrons. The molecule has 0 aliphatic carbocycles. The van der Waals surface area contributed by atoms with Crippen molar-refractivity contribution < 1.29 is 58.3 Å². The fraction of sp³-hybridized carbons (Fsp3) is 0.958. The van der Waals surface area contributed by atoms with Crippen molar-refractivity contribution in [3.63, 3.8) is 0 Å². The first-order valence-electron chi connectivity index (χ1n) is 12.9. The van der Waals surface area contributed by atoms with Crippen molar-refractivity contribution in [1.82, 2.24) is 5.06 Å². The minimum absolute atomic E-state index is 0. The van der Waals surface area contributed by atoms with Crippen molar-refractivity contribution in [2.45, 2.75) is 116 Å². The van der Waals surface area contributed by atoms with Gasteiger partial charge in [-0.15, -0.1) is 0 Å². The van der Waals surface area contributed by atoms with Crippen LogP contribution in [0.5, 0.6) is 0 Å². The first-order valence-corrected chi connectivity index (χ1v) is 14.6. The van der Waals surface area contributed by atoms with Gasteiger partial charge in [0.05, 0.1) is 6.61 Å². The normalized spacial score (nSPS) is 12.8. The molecule has 0 heterocycles. The van der Waals surface area contributed by atoms with Gasteiger partial charge in [0.15, 0.2) is 0 Å². The Bertz CT molecular complexity index is 482. The summed E-state index contributed by atoms with van der Waals surface area (Å²) in [5.41, 5.74) is 0. The second-order valence-electron chi connectivity index (χ2n) is 8.75. The van der Waals surface area contributed by atoms with Crippen molar-refractivity contribution >= 4 is 13.5 Å². The predicted octanol–water partition coefficient (Wildman–Crippen LogP) is 3.08. The van der Waals surface area contributed by atoms with Crippen molar-refractivity contribution in [3.05, 3.63) is 0 Å². The monoisotopic (exact) mass is 501 g/mol. The van der Waals surface area contributed by atoms with Gasteiger partial charge in [-0.3, -0.25) is 10.0 Å². The Morgan fingerprint density at radius 1 is 0.788 bits per heavy atom. The maximum Gasteiger partial charge on any atom is 1.00 e. The third-order valence-corrected chi connectivity index (χ3v) is 6.99. The molecule has 0 rings (SSSR count). The van der Waals surface area contributed by atoms with Crippen LogP contribution in [-0.2, 0) is 18.6 Å². The standard InChI is InChI=1S/C24H50NO6P.Na/c1-3-4-5-6-7-8-9-10-11-12-13-14-15-16-20-30-21-18-22-31-32(28,29)23-17-19-24(26)25(2)27;/h27H,3-23H2,1-2H3,(H,28,29);/q;+1/p-1. The molecule has 0 aromatic rings. The third kappa shape index (κ3) is 27.0. The second-order valence-corrected chi connectivity index (χ2v) is 10.7. The Labute approximate surface area is 225 Å². The maximum absolute atomic E-state index is 11.7. The molecule has 0 fully saturated rings. The van der Waals surface area contributed by atoms with Crippen LogP contribution in [0.3, 0.4) is 0 Å². The summed E-state index contributed by atoms with van der Waals surface area (Å²) in [7, 11) is -2.71. The number of hydrogen-bond acceptors (Lipinski definition) is 6. The van der Waals surface area contributed by atoms with E-state index in [4.69, 9.17) is 14.5 Å². The maximum atomic E-state index is 11.7. The first-order chi connectivity index (χ1) is 15.4. The predicted molar refractivity (Wildman–Crippen MR) is 128 cm³/mol. The molecule has 0 aromatic carbocycles. The number of unbranched alkanes of at least 4 members (excludes halogenated alkanes) is 13. The van der Waals surface area contributed by atoms with Gasteiger partial charge in [-0.1, -0.05) is 90.4 Å². The quantitative estimate of drug-likeness (QED) is 0.0718. The van der Waals surface area contributed by atoms with Gasteiger partial charge in [0.25, 0.3) is 0 Å². The SMILES string of the molecule is CCCCCCCCCCCCCCCCOCCCOP(=O)([O-])CCCC(=O)N(C)O.[Na+]. The van der Waals surface area contributed by atoms with Crippen LogP contribution in [0.15, 0.2) is 0 Å². The van der Waals surface area contributed by atoms with Crippen molar-refractivity contribution in [1.29, 1.82) is 0 Å². The smallest absolute Gasteiger partial charge is 0.778 e. The molecule has 0 spiro atoms. The van der Waals surface area contributed by atoms with Crippen LogP contribution in [0.4, 0.5) is 0 Å². The summed E-state index contributed by atoms with van der Waals surface area (Å²) >= 11 is 0. The van der Waals surface area contributed by atoms with E-state index in [1.807, 2.05) is 0 Å². The Morgan fingerprint density at radius 3 is 1.73 bits per heavy atom. The van der Waals surface area contributed by atoms with Crippen LogP contribution >= 0.6 is 7.60 Å². The number of hydroxylamine groups is 2. The Balaban J connectivity index is 0. The zero-order valence-corrected chi connectivity index (χ0v) is 24.6. The average molecular weight is 502 g/mol. The van der Waals surface area contributed by atoms with Crippen LogP contribution in [-0.4, -0.2) is 49.2 Å². The third-order valence-electron chi connectivity index (χ3n) is 5.55. The minimum Gasteiger partial charge on any atom is -0.778 e. The molecule has 0 aromatic heterocycles. The van der Waals surface area contributed by atoms with Crippen LogP contribution in [0.25, 0.3) is 0 Å². The molecule has 0 bridgehead atoms. The van der Waals surface area contributed by atoms with E-state index in [0.29, 0.717) is 24.7 Å². The summed E-state index contributed by atoms with van der Waals surface area (Å²) in [6.07, 6.45) is 19.1. The van der Waals surface area contributed by atoms with Gasteiger partial charge in [0.1, 0.15) is 7.60 Å². The zero-order valence-electron chi connectivity index (χ0n) is 21.7. The number of rotatable bonds is 24. The van der Waals surface area contributed by atoms with Crippen LogP contribution < -0.4 is 34.5 Å². The molecule has 1 amide bonds. The second kappa shape index (κ2) is 25.6. The van der Waals surface area contributed by atoms with Crippen LogP contribution in [0.1, 0.15) is 116 Å². The summed E-state index contributed by atoms with van der Waals surface area (Å²) in [4.78, 5) is 22.9. The first kappa shape index (κ1) is 35.7. The molecule has 0 aliphatic heterocycles. The molecule has 192 valence electrons. The van der Waals surface area contributed by atoms with Crippen LogP contribution in [0.2, 0.25) is 0 Å². The number of hydrogen-bond donors (Lipinski definition) is 1. The topological polar surface area (TPSA) is 99.1 Å². The zero-order chi connectivity index (χ0) is 23.9. The number of nitrogens with zero attached hydrogens (tertiary/aromatic N) is 1. The molecule has 1 unspecified atom stereocenters. The summed E-state index contributed by atoms with van der Waals surface area (Å²) in [6.45, 7) is 3.57. The van der Waals surface area contributed by atoms with Crippen molar-refractivity contribution in [2.75, 3.05) is 33.0 Å². The van der Waals surface area contributed by atoms with E-state index < -0.39 is 13.5 Å². The van der Waals surface area contributed by atoms with Gasteiger partial charge < -0.3 is 18.7 Å². The van der Waals surface area contributed by atoms with Gasteiger partial charge in [0.2, 0.25) is 5.91 Å². The summed E-state index contributed by atoms with van der Waals surface area (Å²) in [5, 5.41) is 9.38. The van der Waals surface area contributed by atoms with Gasteiger partial charge in [0, 0.05) is 32.8 Å². The van der Waals surface area contributed by atoms with E-state index in [0.717, 1.165) is 6.42 Å². The Hall–Kier alpha value is 0.540. The van der Waals surface area contributed by atoms with Crippen molar-refractivity contribution in [3.8, 4) is 0 Å². The van der Waals surface area contributed by atoms with Gasteiger partial charge in [-0.25, -0.2) is 5.06 Å². The molecule has 0 saturated heterocycles. The van der Waals surface area contributed by atoms with E-state index in [9.17, 15) is 14.3 Å². The van der Waals surface area contributed by atoms with E-state index in [1.54, 1.807) is 0 Å². The molecule has 0 aliphatic rings. The van der Waals surface area contributed by atoms with Crippen molar-refractivity contribution in [2.24, 2.45) is 0 Å². The fourth-order valence-corrected chi connectivity index (χ4v) is 4.60. The number of carbonyl (C=O) groups excluding carboxylic acids is 1. The molecule has 1 atom stereocenters. The molecule has 7 nitrogen and oxygen atoms in total. The molecule has 33 heavy (non-hydrogen) atoms. The van der Waals surface area contributed by atoms with Gasteiger partial charge >= 0.3 is 29.6 Å². The Morgan fingerprint density at radius 2 is 1.24 bits per heavy atom. The van der Waals surface area contributed by atoms with Gasteiger partial charge in [-0.2, -0.15) is 0 Å². The molecular weight excluding hydrogens is 452 g/mol. The van der Waals surface area contributed by atoms with Crippen LogP contribution in [0, 0.1) is 0 Å². The average Bonchev–Trinajstić information content (AvgIpc) is 2.75. The molecule has 1 N–H and O–H groups in total. The molecule has 0 saturated carbocycles. The molecule has 9 heteroatoms. The fourth-order valence-electron chi connectivity index (χ4n) is 3.52. The summed E-state index contributed by atoms with van der Waals surface area (Å²) in [6, 6.07) is 0. The number of ether oxygens (including phenoxy) is 1. The summed E-state index contributed by atoms with van der Waals surface area (Å²) < 4.78 is 22.2. The number of carbonyl (C=O) groups is 1. The largest absolute Gasteiger partial charge is 1.00 e. The van der Waals surface area contributed by atoms with Gasteiger partial charge in [-0.05, 0) is 19.3 Å². The molecular formula is C24H49NNaO6P. The van der Waals surface area contributed by atoms with E-state index in [2.05, 4.69) is 6.92 Å². The Kier molecular flexibility index (Phi) is 27.7. The minimum atomic E-state index is -3.93. The van der Waals surface area contributed by atoms with E-state index >= 15 is 0 Å². The van der Waals surface area contributed by atoms with E-state index in [1.165, 1.54) is 90.5 Å². The van der Waals surface area contributed by atoms with E-state index in [-0.39, 0.29) is 55.2 Å². The summed E-state index contributed by atoms with van der Waals surface area (Å²) in [5.74, 6) is -0.512. The number of amides is 1.